The van der Waals surface area contributed by atoms with Crippen LogP contribution in [-0.2, 0) is 70.5 Å². The van der Waals surface area contributed by atoms with Crippen molar-refractivity contribution in [3.63, 3.8) is 0 Å². The van der Waals surface area contributed by atoms with Crippen LogP contribution in [-0.4, -0.2) is 92.0 Å². The minimum atomic E-state index is -0.984. The molecule has 0 spiro atoms. The molecule has 0 aromatic heterocycles. The summed E-state index contributed by atoms with van der Waals surface area (Å²) in [6, 6.07) is 85.8. The lowest BCUT2D eigenvalue weighted by Gasteiger charge is -2.14. The summed E-state index contributed by atoms with van der Waals surface area (Å²) in [5.41, 5.74) is 11.8. The minimum absolute atomic E-state index is 0.0680. The summed E-state index contributed by atoms with van der Waals surface area (Å²) in [6.45, 7) is 3.67. The maximum atomic E-state index is 13.4. The fourth-order valence-corrected chi connectivity index (χ4v) is 11.9. The van der Waals surface area contributed by atoms with Gasteiger partial charge in [-0.05, 0) is 222 Å². The van der Waals surface area contributed by atoms with Gasteiger partial charge in [0.15, 0.2) is 0 Å². The highest BCUT2D eigenvalue weighted by Crippen LogP contribution is 2.28. The molecular formula is C97H92FN5O16. The Hall–Kier alpha value is -14.9. The summed E-state index contributed by atoms with van der Waals surface area (Å²) in [4.78, 5) is 114. The third-order valence-electron chi connectivity index (χ3n) is 18.3. The summed E-state index contributed by atoms with van der Waals surface area (Å²) in [5.74, 6) is -5.00. The molecule has 0 aliphatic carbocycles. The normalized spacial score (nSPS) is 10.9. The smallest absolute Gasteiger partial charge is 0.335 e. The van der Waals surface area contributed by atoms with E-state index in [-0.39, 0.29) is 60.8 Å². The number of halogens is 1. The number of hydrogen-bond acceptors (Lipinski definition) is 11. The van der Waals surface area contributed by atoms with Crippen LogP contribution in [0.5, 0.6) is 5.75 Å². The number of fused-ring (bicyclic) bond motifs is 2. The second-order valence-electron chi connectivity index (χ2n) is 27.4. The molecule has 22 heteroatoms. The van der Waals surface area contributed by atoms with Crippen LogP contribution in [0.25, 0.3) is 33.7 Å². The number of carboxylic acids is 5. The van der Waals surface area contributed by atoms with Gasteiger partial charge in [0.25, 0.3) is 11.8 Å². The average molecular weight is 1600 g/mol. The van der Waals surface area contributed by atoms with Crippen molar-refractivity contribution >= 4 is 122 Å². The van der Waals surface area contributed by atoms with E-state index in [4.69, 9.17) is 30.3 Å². The first-order chi connectivity index (χ1) is 57.3. The number of carboxylic acid groups (broad SMARTS) is 5. The van der Waals surface area contributed by atoms with Crippen molar-refractivity contribution in [2.24, 2.45) is 0 Å². The van der Waals surface area contributed by atoms with Crippen molar-refractivity contribution in [3.8, 4) is 5.75 Å². The standard InChI is InChI=1S/C24H25NO4.C21H19NO3.C20H21NO3.C17H14FNO3.C15H13NO3/c1-16(18-8-9-20-15-22(29-2)13-10-19(20)14-18)24(28)25-21-11-6-17(7-12-21)4-3-5-23(26)27;23-20(24)10-3-5-15-11-13-17(14-12-15)22-21(25)19-9-4-7-16-6-1-2-8-18(16)19;1-15(14-17-6-3-2-4-7-17)20(24)21-18-12-10-16(11-13-18)8-5-9-19(22)23;18-15-4-2-1-3-13(15)7-10-16(20)19-14-8-5-12(6-9-14)11-17(21)22;17-14(10-11-4-2-1-3-5-11)16-13-8-6-12(7-9-13)15(18)19/h6-16H,3-5H2,1-2H3,(H,25,28)(H,26,27);1-2,4,6-9,11-14H,3,5,10H2,(H,22,25)(H,23,24);2-4,6-7,10-14H,5,8-9H2,1H3,(H,21,24)(H,22,23);1-10H,11H2,(H,19,20)(H,21,22);1-9H,10H2,(H,16,17)(H,18,19)/b;;15-14+;10-7+;. The monoisotopic (exact) mass is 1600 g/mol. The summed E-state index contributed by atoms with van der Waals surface area (Å²) in [7, 11) is 1.64. The zero-order chi connectivity index (χ0) is 85.4. The predicted octanol–water partition coefficient (Wildman–Crippen LogP) is 19.3. The zero-order valence-corrected chi connectivity index (χ0v) is 65.8. The second-order valence-corrected chi connectivity index (χ2v) is 27.4. The van der Waals surface area contributed by atoms with Crippen molar-refractivity contribution in [1.29, 1.82) is 0 Å². The Morgan fingerprint density at radius 1 is 0.420 bits per heavy atom. The number of methoxy groups -OCH3 is 1. The molecule has 0 aliphatic heterocycles. The number of nitrogens with one attached hydrogen (secondary N) is 5. The molecule has 0 aliphatic rings. The Balaban J connectivity index is 0.000000186. The number of aromatic carboxylic acids is 1. The number of carbonyl (C=O) groups is 10. The van der Waals surface area contributed by atoms with Gasteiger partial charge in [-0.25, -0.2) is 9.18 Å². The Bertz CT molecular complexity index is 5480. The lowest BCUT2D eigenvalue weighted by molar-refractivity contribution is -0.138. The maximum Gasteiger partial charge on any atom is 0.335 e. The van der Waals surface area contributed by atoms with Crippen molar-refractivity contribution in [3.05, 3.63) is 358 Å². The molecule has 12 aromatic rings. The molecule has 0 radical (unpaired) electrons. The first kappa shape index (κ1) is 89.6. The molecule has 5 amide bonds. The second kappa shape index (κ2) is 47.1. The van der Waals surface area contributed by atoms with Crippen LogP contribution in [0.4, 0.5) is 32.8 Å². The van der Waals surface area contributed by atoms with E-state index in [2.05, 4.69) is 26.6 Å². The molecule has 12 aromatic carbocycles. The van der Waals surface area contributed by atoms with Crippen LogP contribution in [0, 0.1) is 5.82 Å². The molecule has 1 unspecified atom stereocenters. The van der Waals surface area contributed by atoms with Crippen LogP contribution >= 0.6 is 0 Å². The SMILES string of the molecule is C/C(=C\c1ccccc1)C(=O)Nc1ccc(CCCC(=O)O)cc1.COc1ccc2cc(C(C)C(=O)Nc3ccc(CCCC(=O)O)cc3)ccc2c1.O=C(Cc1ccccc1)Nc1ccc(C(=O)O)cc1.O=C(O)CCCc1ccc(NC(=O)c2cccc3ccccc23)cc1.O=C(O)Cc1ccc(NC(=O)/C=C/c2ccccc2F)cc1. The number of amides is 5. The van der Waals surface area contributed by atoms with Crippen molar-refractivity contribution < 1.29 is 82.6 Å². The van der Waals surface area contributed by atoms with E-state index in [0.29, 0.717) is 78.6 Å². The van der Waals surface area contributed by atoms with E-state index in [1.807, 2.05) is 225 Å². The summed E-state index contributed by atoms with van der Waals surface area (Å²) in [5, 5.41) is 61.6. The topological polar surface area (TPSA) is 341 Å². The van der Waals surface area contributed by atoms with Crippen LogP contribution in [0.3, 0.4) is 0 Å². The van der Waals surface area contributed by atoms with E-state index in [9.17, 15) is 52.3 Å². The highest BCUT2D eigenvalue weighted by atomic mass is 19.1. The molecule has 0 heterocycles. The number of aliphatic carboxylic acids is 4. The largest absolute Gasteiger partial charge is 0.497 e. The highest BCUT2D eigenvalue weighted by Gasteiger charge is 2.18. The third kappa shape index (κ3) is 31.8. The van der Waals surface area contributed by atoms with E-state index in [1.54, 1.807) is 68.6 Å². The molecule has 12 rings (SSSR count). The minimum Gasteiger partial charge on any atom is -0.497 e. The Morgan fingerprint density at radius 3 is 1.43 bits per heavy atom. The van der Waals surface area contributed by atoms with Crippen molar-refractivity contribution in [1.82, 2.24) is 0 Å². The number of anilines is 5. The fourth-order valence-electron chi connectivity index (χ4n) is 11.9. The first-order valence-corrected chi connectivity index (χ1v) is 38.2. The number of rotatable bonds is 30. The van der Waals surface area contributed by atoms with E-state index < -0.39 is 41.6 Å². The van der Waals surface area contributed by atoms with Gasteiger partial charge in [-0.3, -0.25) is 43.2 Å². The van der Waals surface area contributed by atoms with Gasteiger partial charge in [-0.2, -0.15) is 0 Å². The van der Waals surface area contributed by atoms with Gasteiger partial charge >= 0.3 is 29.8 Å². The number of aryl methyl sites for hydroxylation is 3. The molecule has 0 saturated heterocycles. The lowest BCUT2D eigenvalue weighted by atomic mass is 9.97. The van der Waals surface area contributed by atoms with Gasteiger partial charge in [0.2, 0.25) is 17.7 Å². The van der Waals surface area contributed by atoms with Gasteiger partial charge < -0.3 is 56.9 Å². The molecule has 0 fully saturated rings. The molecule has 0 saturated carbocycles. The van der Waals surface area contributed by atoms with Crippen LogP contribution in [0.15, 0.2) is 297 Å². The highest BCUT2D eigenvalue weighted by molar-refractivity contribution is 6.13. The Morgan fingerprint density at radius 2 is 0.882 bits per heavy atom. The van der Waals surface area contributed by atoms with Crippen LogP contribution in [0.2, 0.25) is 0 Å². The molecule has 119 heavy (non-hydrogen) atoms. The molecule has 10 N–H and O–H groups in total. The van der Waals surface area contributed by atoms with Crippen LogP contribution in [0.1, 0.15) is 124 Å². The Labute approximate surface area is 688 Å². The van der Waals surface area contributed by atoms with Crippen LogP contribution < -0.4 is 31.3 Å². The quantitative estimate of drug-likeness (QED) is 0.0187. The number of carbonyl (C=O) groups excluding carboxylic acids is 5. The molecule has 0 bridgehead atoms. The van der Waals surface area contributed by atoms with Crippen molar-refractivity contribution in [2.75, 3.05) is 33.7 Å². The van der Waals surface area contributed by atoms with E-state index >= 15 is 0 Å². The number of benzene rings is 12. The fraction of sp³-hybridized carbons (Fsp3) is 0.155. The molecule has 1 atom stereocenters. The summed E-state index contributed by atoms with van der Waals surface area (Å²) in [6.07, 6.45) is 9.15. The summed E-state index contributed by atoms with van der Waals surface area (Å²) < 4.78 is 18.6. The van der Waals surface area contributed by atoms with Gasteiger partial charge in [0.1, 0.15) is 11.6 Å². The van der Waals surface area contributed by atoms with Gasteiger partial charge in [-0.1, -0.05) is 188 Å². The van der Waals surface area contributed by atoms with Gasteiger partial charge in [0.05, 0.1) is 31.4 Å². The Kier molecular flexibility index (Phi) is 35.4. The zero-order valence-electron chi connectivity index (χ0n) is 65.8. The molecule has 608 valence electrons. The number of ether oxygens (including phenoxy) is 1. The van der Waals surface area contributed by atoms with E-state index in [1.165, 1.54) is 30.4 Å². The average Bonchev–Trinajstić information content (AvgIpc) is 0.815. The predicted molar refractivity (Wildman–Crippen MR) is 463 cm³/mol. The summed E-state index contributed by atoms with van der Waals surface area (Å²) >= 11 is 0. The molecular weight excluding hydrogens is 1510 g/mol. The maximum absolute atomic E-state index is 13.4. The third-order valence-corrected chi connectivity index (χ3v) is 18.3. The number of hydrogen-bond donors (Lipinski definition) is 10. The van der Waals surface area contributed by atoms with E-state index in [0.717, 1.165) is 77.7 Å². The molecule has 21 nitrogen and oxygen atoms in total. The van der Waals surface area contributed by atoms with Gasteiger partial charge in [-0.15, -0.1) is 0 Å². The van der Waals surface area contributed by atoms with Gasteiger partial charge in [0, 0.05) is 70.5 Å². The lowest BCUT2D eigenvalue weighted by Crippen LogP contribution is -2.18. The first-order valence-electron chi connectivity index (χ1n) is 38.2. The van der Waals surface area contributed by atoms with Crippen molar-refractivity contribution in [2.45, 2.75) is 90.4 Å².